The van der Waals surface area contributed by atoms with Crippen molar-refractivity contribution in [2.75, 3.05) is 13.1 Å². The van der Waals surface area contributed by atoms with Crippen molar-refractivity contribution in [1.82, 2.24) is 15.5 Å². The number of rotatable bonds is 6. The maximum Gasteiger partial charge on any atom is 0.242 e. The summed E-state index contributed by atoms with van der Waals surface area (Å²) >= 11 is 0. The Hall–Kier alpha value is -1.88. The third-order valence-corrected chi connectivity index (χ3v) is 4.66. The van der Waals surface area contributed by atoms with Crippen LogP contribution in [0.25, 0.3) is 0 Å². The molecule has 5 heteroatoms. The Balaban J connectivity index is 1.87. The van der Waals surface area contributed by atoms with Gasteiger partial charge in [-0.1, -0.05) is 38.1 Å². The molecule has 0 aromatic heterocycles. The Morgan fingerprint density at radius 1 is 1.17 bits per heavy atom. The summed E-state index contributed by atoms with van der Waals surface area (Å²) in [6.07, 6.45) is 1.05. The predicted molar refractivity (Wildman–Crippen MR) is 95.5 cm³/mol. The number of benzene rings is 1. The van der Waals surface area contributed by atoms with Gasteiger partial charge >= 0.3 is 0 Å². The maximum absolute atomic E-state index is 12.4. The van der Waals surface area contributed by atoms with E-state index in [0.29, 0.717) is 6.54 Å². The average molecular weight is 331 g/mol. The summed E-state index contributed by atoms with van der Waals surface area (Å²) in [5, 5.41) is 5.73. The number of nitrogens with zero attached hydrogens (tertiary/aromatic N) is 1. The third kappa shape index (κ3) is 4.81. The summed E-state index contributed by atoms with van der Waals surface area (Å²) in [6, 6.07) is 8.32. The second kappa shape index (κ2) is 8.29. The average Bonchev–Trinajstić information content (AvgIpc) is 2.56. The predicted octanol–water partition coefficient (Wildman–Crippen LogP) is 1.71. The van der Waals surface area contributed by atoms with E-state index in [-0.39, 0.29) is 23.8 Å². The van der Waals surface area contributed by atoms with Gasteiger partial charge in [0.2, 0.25) is 11.8 Å². The first-order valence-electron chi connectivity index (χ1n) is 8.74. The molecule has 24 heavy (non-hydrogen) atoms. The molecule has 2 unspecified atom stereocenters. The number of amides is 2. The van der Waals surface area contributed by atoms with Crippen molar-refractivity contribution in [3.63, 3.8) is 0 Å². The highest BCUT2D eigenvalue weighted by atomic mass is 16.2. The molecule has 1 heterocycles. The quantitative estimate of drug-likeness (QED) is 0.834. The van der Waals surface area contributed by atoms with Gasteiger partial charge in [0.05, 0.1) is 0 Å². The molecule has 1 aromatic carbocycles. The molecule has 0 fully saturated rings. The lowest BCUT2D eigenvalue weighted by atomic mass is 9.99. The van der Waals surface area contributed by atoms with Crippen molar-refractivity contribution in [3.8, 4) is 0 Å². The minimum absolute atomic E-state index is 0.0612. The van der Waals surface area contributed by atoms with Crippen LogP contribution in [0.15, 0.2) is 24.3 Å². The Kier molecular flexibility index (Phi) is 6.37. The summed E-state index contributed by atoms with van der Waals surface area (Å²) < 4.78 is 0. The molecule has 5 nitrogen and oxygen atoms in total. The largest absolute Gasteiger partial charge is 0.353 e. The summed E-state index contributed by atoms with van der Waals surface area (Å²) in [7, 11) is 0. The molecule has 2 rings (SSSR count). The zero-order valence-corrected chi connectivity index (χ0v) is 15.1. The van der Waals surface area contributed by atoms with Crippen molar-refractivity contribution in [1.29, 1.82) is 0 Å². The van der Waals surface area contributed by atoms with E-state index in [1.807, 2.05) is 13.8 Å². The number of hydrogen-bond acceptors (Lipinski definition) is 3. The Morgan fingerprint density at radius 3 is 2.46 bits per heavy atom. The lowest BCUT2D eigenvalue weighted by Crippen LogP contribution is -2.52. The minimum Gasteiger partial charge on any atom is -0.353 e. The molecule has 0 saturated carbocycles. The van der Waals surface area contributed by atoms with E-state index in [1.54, 1.807) is 0 Å². The number of fused-ring (bicyclic) bond motifs is 1. The standard InChI is InChI=1S/C19H29N3O2/c1-13(2)18(21-15(4)23)19(24)20-11-14(3)22-10-9-16-7-5-6-8-17(16)12-22/h5-8,13-14,18H,9-12H2,1-4H3,(H,20,24)(H,21,23). The van der Waals surface area contributed by atoms with E-state index in [2.05, 4.69) is 46.7 Å². The maximum atomic E-state index is 12.4. The molecule has 132 valence electrons. The highest BCUT2D eigenvalue weighted by Gasteiger charge is 2.25. The fraction of sp³-hybridized carbons (Fsp3) is 0.579. The van der Waals surface area contributed by atoms with Gasteiger partial charge < -0.3 is 10.6 Å². The van der Waals surface area contributed by atoms with Gasteiger partial charge in [-0.15, -0.1) is 0 Å². The van der Waals surface area contributed by atoms with Crippen molar-refractivity contribution in [3.05, 3.63) is 35.4 Å². The van der Waals surface area contributed by atoms with Crippen LogP contribution in [-0.2, 0) is 22.6 Å². The number of hydrogen-bond donors (Lipinski definition) is 2. The van der Waals surface area contributed by atoms with Gasteiger partial charge in [0.15, 0.2) is 0 Å². The Labute approximate surface area is 144 Å². The molecule has 1 aliphatic heterocycles. The van der Waals surface area contributed by atoms with Crippen molar-refractivity contribution >= 4 is 11.8 Å². The van der Waals surface area contributed by atoms with Crippen molar-refractivity contribution < 1.29 is 9.59 Å². The molecular weight excluding hydrogens is 302 g/mol. The normalized spacial score (nSPS) is 17.0. The molecule has 0 spiro atoms. The SMILES string of the molecule is CC(=O)NC(C(=O)NCC(C)N1CCc2ccccc2C1)C(C)C. The van der Waals surface area contributed by atoms with E-state index in [4.69, 9.17) is 0 Å². The monoisotopic (exact) mass is 331 g/mol. The lowest BCUT2D eigenvalue weighted by Gasteiger charge is -2.34. The van der Waals surface area contributed by atoms with Crippen LogP contribution >= 0.6 is 0 Å². The second-order valence-electron chi connectivity index (χ2n) is 7.01. The van der Waals surface area contributed by atoms with Gasteiger partial charge in [-0.2, -0.15) is 0 Å². The van der Waals surface area contributed by atoms with Gasteiger partial charge in [-0.05, 0) is 30.4 Å². The molecule has 1 aromatic rings. The highest BCUT2D eigenvalue weighted by molar-refractivity contribution is 5.87. The highest BCUT2D eigenvalue weighted by Crippen LogP contribution is 2.19. The Bertz CT molecular complexity index is 586. The summed E-state index contributed by atoms with van der Waals surface area (Å²) in [5.41, 5.74) is 2.80. The molecule has 2 amide bonds. The number of carbonyl (C=O) groups is 2. The first-order valence-corrected chi connectivity index (χ1v) is 8.74. The zero-order chi connectivity index (χ0) is 17.7. The van der Waals surface area contributed by atoms with Crippen LogP contribution in [0.1, 0.15) is 38.8 Å². The fourth-order valence-corrected chi connectivity index (χ4v) is 3.14. The first-order chi connectivity index (χ1) is 11.4. The van der Waals surface area contributed by atoms with Crippen LogP contribution in [0, 0.1) is 5.92 Å². The van der Waals surface area contributed by atoms with Gasteiger partial charge in [0, 0.05) is 32.6 Å². The number of nitrogens with one attached hydrogen (secondary N) is 2. The summed E-state index contributed by atoms with van der Waals surface area (Å²) in [4.78, 5) is 26.0. The van der Waals surface area contributed by atoms with Gasteiger partial charge in [0.25, 0.3) is 0 Å². The minimum atomic E-state index is -0.475. The van der Waals surface area contributed by atoms with E-state index >= 15 is 0 Å². The van der Waals surface area contributed by atoms with Crippen LogP contribution < -0.4 is 10.6 Å². The van der Waals surface area contributed by atoms with Gasteiger partial charge in [0.1, 0.15) is 6.04 Å². The van der Waals surface area contributed by atoms with Crippen LogP contribution in [0.2, 0.25) is 0 Å². The number of carbonyl (C=O) groups excluding carboxylic acids is 2. The zero-order valence-electron chi connectivity index (χ0n) is 15.1. The van der Waals surface area contributed by atoms with E-state index < -0.39 is 6.04 Å². The smallest absolute Gasteiger partial charge is 0.242 e. The Morgan fingerprint density at radius 2 is 1.83 bits per heavy atom. The van der Waals surface area contributed by atoms with Crippen LogP contribution in [-0.4, -0.2) is 41.9 Å². The van der Waals surface area contributed by atoms with E-state index in [0.717, 1.165) is 19.5 Å². The van der Waals surface area contributed by atoms with E-state index in [9.17, 15) is 9.59 Å². The molecule has 0 saturated heterocycles. The van der Waals surface area contributed by atoms with Gasteiger partial charge in [-0.25, -0.2) is 0 Å². The van der Waals surface area contributed by atoms with E-state index in [1.165, 1.54) is 18.1 Å². The summed E-state index contributed by atoms with van der Waals surface area (Å²) in [5.74, 6) is -0.222. The second-order valence-corrected chi connectivity index (χ2v) is 7.01. The van der Waals surface area contributed by atoms with Crippen LogP contribution in [0.3, 0.4) is 0 Å². The summed E-state index contributed by atoms with van der Waals surface area (Å²) in [6.45, 7) is 9.97. The van der Waals surface area contributed by atoms with Crippen LogP contribution in [0.4, 0.5) is 0 Å². The molecule has 2 N–H and O–H groups in total. The third-order valence-electron chi connectivity index (χ3n) is 4.66. The lowest BCUT2D eigenvalue weighted by molar-refractivity contribution is -0.129. The molecule has 2 atom stereocenters. The first kappa shape index (κ1) is 18.5. The van der Waals surface area contributed by atoms with Crippen molar-refractivity contribution in [2.24, 2.45) is 5.92 Å². The molecule has 0 radical (unpaired) electrons. The van der Waals surface area contributed by atoms with Gasteiger partial charge in [-0.3, -0.25) is 14.5 Å². The van der Waals surface area contributed by atoms with Crippen molar-refractivity contribution in [2.45, 2.75) is 52.7 Å². The molecule has 0 bridgehead atoms. The van der Waals surface area contributed by atoms with Crippen LogP contribution in [0.5, 0.6) is 0 Å². The molecule has 0 aliphatic carbocycles. The topological polar surface area (TPSA) is 61.4 Å². The molecular formula is C19H29N3O2. The molecule has 1 aliphatic rings. The fourth-order valence-electron chi connectivity index (χ4n) is 3.14.